The van der Waals surface area contributed by atoms with Crippen molar-refractivity contribution >= 4 is 10.0 Å². The molecule has 1 atom stereocenters. The zero-order valence-corrected chi connectivity index (χ0v) is 13.2. The third-order valence-electron chi connectivity index (χ3n) is 3.12. The van der Waals surface area contributed by atoms with Crippen LogP contribution in [-0.2, 0) is 10.0 Å². The molecule has 2 rings (SSSR count). The van der Waals surface area contributed by atoms with Crippen LogP contribution in [0.25, 0.3) is 0 Å². The van der Waals surface area contributed by atoms with E-state index in [1.54, 1.807) is 19.1 Å². The van der Waals surface area contributed by atoms with Gasteiger partial charge in [-0.25, -0.2) is 17.5 Å². The quantitative estimate of drug-likeness (QED) is 0.888. The van der Waals surface area contributed by atoms with Crippen molar-refractivity contribution in [3.8, 4) is 5.75 Å². The second kappa shape index (κ2) is 6.89. The van der Waals surface area contributed by atoms with Crippen molar-refractivity contribution in [3.05, 3.63) is 59.9 Å². The summed E-state index contributed by atoms with van der Waals surface area (Å²) >= 11 is 0. The Kier molecular flexibility index (Phi) is 5.15. The zero-order chi connectivity index (χ0) is 16.2. The summed E-state index contributed by atoms with van der Waals surface area (Å²) in [6.07, 6.45) is 0. The van der Waals surface area contributed by atoms with Crippen LogP contribution in [0.4, 0.5) is 4.39 Å². The molecule has 0 fully saturated rings. The van der Waals surface area contributed by atoms with E-state index in [9.17, 15) is 12.8 Å². The van der Waals surface area contributed by atoms with Gasteiger partial charge in [0.2, 0.25) is 10.0 Å². The molecule has 118 valence electrons. The molecule has 0 aliphatic rings. The van der Waals surface area contributed by atoms with Crippen molar-refractivity contribution < 1.29 is 17.5 Å². The standard InChI is InChI=1S/C16H18FNO3S/c1-3-21-16-10-5-4-9-15(16)12(2)18-22(19,20)14-8-6-7-13(17)11-14/h4-12,18H,3H2,1-2H3/t12-/m0/s1. The first-order chi connectivity index (χ1) is 10.4. The number of ether oxygens (including phenoxy) is 1. The largest absolute Gasteiger partial charge is 0.494 e. The molecule has 0 aliphatic heterocycles. The summed E-state index contributed by atoms with van der Waals surface area (Å²) in [5, 5.41) is 0. The molecule has 0 unspecified atom stereocenters. The van der Waals surface area contributed by atoms with Crippen molar-refractivity contribution in [2.45, 2.75) is 24.8 Å². The normalized spacial score (nSPS) is 12.9. The van der Waals surface area contributed by atoms with Gasteiger partial charge in [-0.3, -0.25) is 0 Å². The molecule has 2 aromatic carbocycles. The zero-order valence-electron chi connectivity index (χ0n) is 12.4. The highest BCUT2D eigenvalue weighted by atomic mass is 32.2. The van der Waals surface area contributed by atoms with Crippen molar-refractivity contribution in [3.63, 3.8) is 0 Å². The summed E-state index contributed by atoms with van der Waals surface area (Å²) < 4.78 is 45.9. The van der Waals surface area contributed by atoms with Crippen LogP contribution in [0.15, 0.2) is 53.4 Å². The molecule has 6 heteroatoms. The van der Waals surface area contributed by atoms with E-state index in [0.29, 0.717) is 12.4 Å². The summed E-state index contributed by atoms with van der Waals surface area (Å²) in [5.74, 6) is 0.0321. The van der Waals surface area contributed by atoms with E-state index in [1.165, 1.54) is 18.2 Å². The summed E-state index contributed by atoms with van der Waals surface area (Å²) in [7, 11) is -3.81. The molecule has 0 aliphatic carbocycles. The molecule has 0 bridgehead atoms. The van der Waals surface area contributed by atoms with Gasteiger partial charge in [-0.05, 0) is 38.1 Å². The Labute approximate surface area is 130 Å². The van der Waals surface area contributed by atoms with Crippen LogP contribution in [0.3, 0.4) is 0 Å². The molecule has 0 saturated heterocycles. The predicted octanol–water partition coefficient (Wildman–Crippen LogP) is 3.26. The number of para-hydroxylation sites is 1. The Balaban J connectivity index is 2.26. The van der Waals surface area contributed by atoms with E-state index in [-0.39, 0.29) is 4.90 Å². The number of nitrogens with one attached hydrogen (secondary N) is 1. The van der Waals surface area contributed by atoms with Gasteiger partial charge in [0.15, 0.2) is 0 Å². The van der Waals surface area contributed by atoms with Gasteiger partial charge in [-0.15, -0.1) is 0 Å². The van der Waals surface area contributed by atoms with Crippen LogP contribution in [-0.4, -0.2) is 15.0 Å². The average Bonchev–Trinajstić information content (AvgIpc) is 2.47. The van der Waals surface area contributed by atoms with E-state index in [2.05, 4.69) is 4.72 Å². The first-order valence-electron chi connectivity index (χ1n) is 6.93. The van der Waals surface area contributed by atoms with Gasteiger partial charge in [0.1, 0.15) is 11.6 Å². The van der Waals surface area contributed by atoms with E-state index >= 15 is 0 Å². The van der Waals surface area contributed by atoms with Crippen LogP contribution in [0, 0.1) is 5.82 Å². The number of rotatable bonds is 6. The molecule has 0 spiro atoms. The van der Waals surface area contributed by atoms with Crippen molar-refractivity contribution in [1.82, 2.24) is 4.72 Å². The van der Waals surface area contributed by atoms with Crippen LogP contribution in [0.1, 0.15) is 25.5 Å². The summed E-state index contributed by atoms with van der Waals surface area (Å²) in [4.78, 5) is -0.103. The topological polar surface area (TPSA) is 55.4 Å². The fourth-order valence-electron chi connectivity index (χ4n) is 2.12. The van der Waals surface area contributed by atoms with Crippen LogP contribution < -0.4 is 9.46 Å². The third-order valence-corrected chi connectivity index (χ3v) is 4.66. The number of hydrogen-bond acceptors (Lipinski definition) is 3. The average molecular weight is 323 g/mol. The van der Waals surface area contributed by atoms with Gasteiger partial charge < -0.3 is 4.74 Å². The lowest BCUT2D eigenvalue weighted by atomic mass is 10.1. The van der Waals surface area contributed by atoms with Gasteiger partial charge >= 0.3 is 0 Å². The summed E-state index contributed by atoms with van der Waals surface area (Å²) in [5.41, 5.74) is 0.726. The second-order valence-electron chi connectivity index (χ2n) is 4.77. The molecule has 4 nitrogen and oxygen atoms in total. The smallest absolute Gasteiger partial charge is 0.241 e. The molecule has 0 aromatic heterocycles. The number of hydrogen-bond donors (Lipinski definition) is 1. The van der Waals surface area contributed by atoms with Gasteiger partial charge in [-0.1, -0.05) is 24.3 Å². The van der Waals surface area contributed by atoms with E-state index in [1.807, 2.05) is 19.1 Å². The van der Waals surface area contributed by atoms with Crippen molar-refractivity contribution in [2.75, 3.05) is 6.61 Å². The second-order valence-corrected chi connectivity index (χ2v) is 6.49. The number of benzene rings is 2. The number of halogens is 1. The molecular weight excluding hydrogens is 305 g/mol. The minimum Gasteiger partial charge on any atom is -0.494 e. The van der Waals surface area contributed by atoms with Crippen molar-refractivity contribution in [2.24, 2.45) is 0 Å². The predicted molar refractivity (Wildman–Crippen MR) is 82.7 cm³/mol. The van der Waals surface area contributed by atoms with E-state index < -0.39 is 21.9 Å². The fourth-order valence-corrected chi connectivity index (χ4v) is 3.38. The minimum absolute atomic E-state index is 0.103. The van der Waals surface area contributed by atoms with Crippen molar-refractivity contribution in [1.29, 1.82) is 0 Å². The highest BCUT2D eigenvalue weighted by Gasteiger charge is 2.20. The number of sulfonamides is 1. The maximum absolute atomic E-state index is 13.2. The first-order valence-corrected chi connectivity index (χ1v) is 8.42. The first kappa shape index (κ1) is 16.5. The van der Waals surface area contributed by atoms with Crippen LogP contribution in [0.5, 0.6) is 5.75 Å². The lowest BCUT2D eigenvalue weighted by Crippen LogP contribution is -2.27. The maximum Gasteiger partial charge on any atom is 0.241 e. The fraction of sp³-hybridized carbons (Fsp3) is 0.250. The molecule has 0 radical (unpaired) electrons. The Morgan fingerprint density at radius 3 is 2.59 bits per heavy atom. The SMILES string of the molecule is CCOc1ccccc1[C@H](C)NS(=O)(=O)c1cccc(F)c1. The third kappa shape index (κ3) is 3.84. The monoisotopic (exact) mass is 323 g/mol. The summed E-state index contributed by atoms with van der Waals surface area (Å²) in [6.45, 7) is 4.06. The molecule has 0 amide bonds. The van der Waals surface area contributed by atoms with E-state index in [4.69, 9.17) is 4.74 Å². The molecular formula is C16H18FNO3S. The molecule has 0 saturated carbocycles. The Morgan fingerprint density at radius 2 is 1.91 bits per heavy atom. The molecule has 1 N–H and O–H groups in total. The lowest BCUT2D eigenvalue weighted by molar-refractivity contribution is 0.334. The maximum atomic E-state index is 13.2. The van der Waals surface area contributed by atoms with Crippen LogP contribution >= 0.6 is 0 Å². The highest BCUT2D eigenvalue weighted by Crippen LogP contribution is 2.26. The van der Waals surface area contributed by atoms with Gasteiger partial charge in [0.05, 0.1) is 11.5 Å². The molecule has 2 aromatic rings. The molecule has 22 heavy (non-hydrogen) atoms. The summed E-state index contributed by atoms with van der Waals surface area (Å²) in [6, 6.07) is 11.6. The van der Waals surface area contributed by atoms with Gasteiger partial charge in [-0.2, -0.15) is 0 Å². The Morgan fingerprint density at radius 1 is 1.18 bits per heavy atom. The minimum atomic E-state index is -3.81. The Hall–Kier alpha value is -1.92. The van der Waals surface area contributed by atoms with Gasteiger partial charge in [0.25, 0.3) is 0 Å². The highest BCUT2D eigenvalue weighted by molar-refractivity contribution is 7.89. The van der Waals surface area contributed by atoms with Crippen LogP contribution in [0.2, 0.25) is 0 Å². The van der Waals surface area contributed by atoms with Gasteiger partial charge in [0, 0.05) is 11.6 Å². The van der Waals surface area contributed by atoms with E-state index in [0.717, 1.165) is 11.6 Å². The Bertz CT molecular complexity index is 747. The molecule has 0 heterocycles. The lowest BCUT2D eigenvalue weighted by Gasteiger charge is -2.18.